The molecule has 0 saturated heterocycles. The number of rotatable bonds is 5. The molecule has 0 N–H and O–H groups in total. The highest BCUT2D eigenvalue weighted by Crippen LogP contribution is 2.34. The van der Waals surface area contributed by atoms with Gasteiger partial charge in [-0.2, -0.15) is 0 Å². The van der Waals surface area contributed by atoms with Crippen molar-refractivity contribution in [3.63, 3.8) is 0 Å². The van der Waals surface area contributed by atoms with E-state index in [1.165, 1.54) is 0 Å². The molecule has 0 bridgehead atoms. The van der Waals surface area contributed by atoms with Crippen LogP contribution < -0.4 is 9.47 Å². The van der Waals surface area contributed by atoms with Gasteiger partial charge in [-0.15, -0.1) is 0 Å². The number of benzene rings is 3. The minimum absolute atomic E-state index is 0.400. The van der Waals surface area contributed by atoms with E-state index in [0.29, 0.717) is 33.5 Å². The molecule has 0 atom stereocenters. The summed E-state index contributed by atoms with van der Waals surface area (Å²) in [6.45, 7) is 0.830. The zero-order valence-corrected chi connectivity index (χ0v) is 15.2. The summed E-state index contributed by atoms with van der Waals surface area (Å²) in [7, 11) is 0. The maximum atomic E-state index is 6.05. The molecular weight excluding hydrogens is 399 g/mol. The molecule has 0 saturated carbocycles. The first-order valence-electron chi connectivity index (χ1n) is 7.03. The molecule has 0 radical (unpaired) electrons. The van der Waals surface area contributed by atoms with Crippen LogP contribution in [0.25, 0.3) is 10.8 Å². The van der Waals surface area contributed by atoms with Gasteiger partial charge >= 0.3 is 0 Å². The van der Waals surface area contributed by atoms with Gasteiger partial charge in [-0.1, -0.05) is 59.6 Å². The summed E-state index contributed by atoms with van der Waals surface area (Å²) in [4.78, 5) is 0. The molecule has 0 fully saturated rings. The normalized spacial score (nSPS) is 10.7. The second kappa shape index (κ2) is 7.43. The number of hydrogen-bond acceptors (Lipinski definition) is 2. The van der Waals surface area contributed by atoms with Crippen LogP contribution in [0.3, 0.4) is 0 Å². The molecule has 118 valence electrons. The van der Waals surface area contributed by atoms with E-state index in [9.17, 15) is 0 Å². The second-order valence-corrected chi connectivity index (χ2v) is 6.48. The molecule has 0 amide bonds. The van der Waals surface area contributed by atoms with Crippen LogP contribution in [0.4, 0.5) is 0 Å². The number of ether oxygens (including phenoxy) is 2. The van der Waals surface area contributed by atoms with Gasteiger partial charge in [-0.05, 0) is 39.5 Å². The third-order valence-corrected chi connectivity index (χ3v) is 5.22. The summed E-state index contributed by atoms with van der Waals surface area (Å²) >= 11 is 15.4. The fraction of sp³-hybridized carbons (Fsp3) is 0.111. The fourth-order valence-corrected chi connectivity index (χ4v) is 2.94. The van der Waals surface area contributed by atoms with Crippen molar-refractivity contribution in [2.45, 2.75) is 0 Å². The van der Waals surface area contributed by atoms with E-state index in [1.807, 2.05) is 30.3 Å². The van der Waals surface area contributed by atoms with Gasteiger partial charge in [0.1, 0.15) is 24.7 Å². The van der Waals surface area contributed by atoms with Crippen LogP contribution in [0.2, 0.25) is 10.0 Å². The standard InChI is InChI=1S/C18H13BrCl2O2/c19-18-15(20)10-13(11-16(18)21)22-8-9-23-17-7-3-5-12-4-1-2-6-14(12)17/h1-7,10-11H,8-9H2. The van der Waals surface area contributed by atoms with Crippen LogP contribution in [0.15, 0.2) is 59.1 Å². The Morgan fingerprint density at radius 1 is 0.826 bits per heavy atom. The lowest BCUT2D eigenvalue weighted by Crippen LogP contribution is -2.09. The Balaban J connectivity index is 1.61. The van der Waals surface area contributed by atoms with Crippen molar-refractivity contribution >= 4 is 49.9 Å². The monoisotopic (exact) mass is 410 g/mol. The SMILES string of the molecule is Clc1cc(OCCOc2cccc3ccccc23)cc(Cl)c1Br. The largest absolute Gasteiger partial charge is 0.490 e. The number of hydrogen-bond donors (Lipinski definition) is 0. The van der Waals surface area contributed by atoms with E-state index in [-0.39, 0.29) is 0 Å². The molecule has 0 aliphatic heterocycles. The smallest absolute Gasteiger partial charge is 0.127 e. The van der Waals surface area contributed by atoms with Gasteiger partial charge in [0.15, 0.2) is 0 Å². The molecule has 3 aromatic rings. The van der Waals surface area contributed by atoms with Crippen molar-refractivity contribution in [1.29, 1.82) is 0 Å². The third kappa shape index (κ3) is 3.92. The fourth-order valence-electron chi connectivity index (χ4n) is 2.25. The lowest BCUT2D eigenvalue weighted by atomic mass is 10.1. The zero-order chi connectivity index (χ0) is 16.2. The first-order chi connectivity index (χ1) is 11.1. The van der Waals surface area contributed by atoms with Crippen molar-refractivity contribution < 1.29 is 9.47 Å². The van der Waals surface area contributed by atoms with E-state index in [0.717, 1.165) is 16.5 Å². The van der Waals surface area contributed by atoms with E-state index < -0.39 is 0 Å². The highest BCUT2D eigenvalue weighted by atomic mass is 79.9. The average molecular weight is 412 g/mol. The average Bonchev–Trinajstić information content (AvgIpc) is 2.56. The highest BCUT2D eigenvalue weighted by molar-refractivity contribution is 9.10. The minimum Gasteiger partial charge on any atom is -0.490 e. The molecular formula is C18H13BrCl2O2. The third-order valence-electron chi connectivity index (χ3n) is 3.32. The van der Waals surface area contributed by atoms with E-state index in [1.54, 1.807) is 12.1 Å². The van der Waals surface area contributed by atoms with Crippen molar-refractivity contribution in [2.75, 3.05) is 13.2 Å². The van der Waals surface area contributed by atoms with Gasteiger partial charge in [0.2, 0.25) is 0 Å². The Bertz CT molecular complexity index is 808. The first-order valence-corrected chi connectivity index (χ1v) is 8.58. The van der Waals surface area contributed by atoms with E-state index in [4.69, 9.17) is 32.7 Å². The van der Waals surface area contributed by atoms with Gasteiger partial charge in [-0.25, -0.2) is 0 Å². The Labute approximate surface area is 153 Å². The Kier molecular flexibility index (Phi) is 5.31. The highest BCUT2D eigenvalue weighted by Gasteiger charge is 2.06. The van der Waals surface area contributed by atoms with E-state index >= 15 is 0 Å². The van der Waals surface area contributed by atoms with Crippen molar-refractivity contribution in [1.82, 2.24) is 0 Å². The van der Waals surface area contributed by atoms with Crippen molar-refractivity contribution in [2.24, 2.45) is 0 Å². The van der Waals surface area contributed by atoms with Crippen molar-refractivity contribution in [3.8, 4) is 11.5 Å². The van der Waals surface area contributed by atoms with Gasteiger partial charge in [0.05, 0.1) is 14.5 Å². The summed E-state index contributed by atoms with van der Waals surface area (Å²) in [5.74, 6) is 1.46. The van der Waals surface area contributed by atoms with Crippen molar-refractivity contribution in [3.05, 3.63) is 69.1 Å². The lowest BCUT2D eigenvalue weighted by Gasteiger charge is -2.11. The molecule has 0 spiro atoms. The summed E-state index contributed by atoms with van der Waals surface area (Å²) in [5.41, 5.74) is 0. The Morgan fingerprint density at radius 2 is 1.48 bits per heavy atom. The Hall–Kier alpha value is -1.42. The summed E-state index contributed by atoms with van der Waals surface area (Å²) in [5, 5.41) is 3.27. The van der Waals surface area contributed by atoms with Gasteiger partial charge in [0, 0.05) is 5.39 Å². The van der Waals surface area contributed by atoms with Crippen LogP contribution in [-0.2, 0) is 0 Å². The predicted octanol–water partition coefficient (Wildman–Crippen LogP) is 6.37. The maximum Gasteiger partial charge on any atom is 0.127 e. The quantitative estimate of drug-likeness (QED) is 0.358. The van der Waals surface area contributed by atoms with Crippen LogP contribution >= 0.6 is 39.1 Å². The number of fused-ring (bicyclic) bond motifs is 1. The predicted molar refractivity (Wildman–Crippen MR) is 99.1 cm³/mol. The minimum atomic E-state index is 0.400. The molecule has 0 unspecified atom stereocenters. The molecule has 0 aliphatic carbocycles. The maximum absolute atomic E-state index is 6.05. The summed E-state index contributed by atoms with van der Waals surface area (Å²) in [6.07, 6.45) is 0. The molecule has 0 aliphatic rings. The molecule has 0 heterocycles. The summed E-state index contributed by atoms with van der Waals surface area (Å²) in [6, 6.07) is 17.5. The zero-order valence-electron chi connectivity index (χ0n) is 12.1. The molecule has 0 aromatic heterocycles. The van der Waals surface area contributed by atoms with Gasteiger partial charge in [0.25, 0.3) is 0 Å². The summed E-state index contributed by atoms with van der Waals surface area (Å²) < 4.78 is 12.1. The Morgan fingerprint density at radius 3 is 2.26 bits per heavy atom. The molecule has 3 aromatic carbocycles. The molecule has 2 nitrogen and oxygen atoms in total. The first kappa shape index (κ1) is 16.4. The lowest BCUT2D eigenvalue weighted by molar-refractivity contribution is 0.219. The molecule has 5 heteroatoms. The second-order valence-electron chi connectivity index (χ2n) is 4.88. The molecule has 3 rings (SSSR count). The van der Waals surface area contributed by atoms with E-state index in [2.05, 4.69) is 28.1 Å². The van der Waals surface area contributed by atoms with Crippen LogP contribution in [0, 0.1) is 0 Å². The van der Waals surface area contributed by atoms with Gasteiger partial charge in [-0.3, -0.25) is 0 Å². The topological polar surface area (TPSA) is 18.5 Å². The van der Waals surface area contributed by atoms with Crippen LogP contribution in [0.5, 0.6) is 11.5 Å². The van der Waals surface area contributed by atoms with Crippen LogP contribution in [-0.4, -0.2) is 13.2 Å². The van der Waals surface area contributed by atoms with Crippen LogP contribution in [0.1, 0.15) is 0 Å². The molecule has 23 heavy (non-hydrogen) atoms. The van der Waals surface area contributed by atoms with Gasteiger partial charge < -0.3 is 9.47 Å². The number of halogens is 3.